The van der Waals surface area contributed by atoms with E-state index in [2.05, 4.69) is 26.6 Å². The second kappa shape index (κ2) is 9.57. The van der Waals surface area contributed by atoms with Crippen molar-refractivity contribution in [1.82, 2.24) is 10.6 Å². The molecule has 7 nitrogen and oxygen atoms in total. The lowest BCUT2D eigenvalue weighted by atomic mass is 9.74. The van der Waals surface area contributed by atoms with Gasteiger partial charge in [0.15, 0.2) is 11.9 Å². The first-order valence-corrected chi connectivity index (χ1v) is 10.3. The lowest BCUT2D eigenvalue weighted by Crippen LogP contribution is -2.51. The Morgan fingerprint density at radius 3 is 2.80 bits per heavy atom. The number of amides is 2. The van der Waals surface area contributed by atoms with Gasteiger partial charge in [-0.3, -0.25) is 14.4 Å². The number of benzene rings is 1. The number of hydrogen-bond donors (Lipinski definition) is 2. The Morgan fingerprint density at radius 1 is 1.33 bits per heavy atom. The van der Waals surface area contributed by atoms with Gasteiger partial charge in [0, 0.05) is 4.47 Å². The van der Waals surface area contributed by atoms with Crippen molar-refractivity contribution in [3.63, 3.8) is 0 Å². The second-order valence-corrected chi connectivity index (χ2v) is 8.30. The number of carbonyl (C=O) groups excluding carboxylic acids is 3. The Labute approximate surface area is 182 Å². The molecule has 1 fully saturated rings. The maximum atomic E-state index is 13.4. The lowest BCUT2D eigenvalue weighted by Gasteiger charge is -2.21. The van der Waals surface area contributed by atoms with E-state index in [9.17, 15) is 18.8 Å². The highest BCUT2D eigenvalue weighted by molar-refractivity contribution is 9.10. The fraction of sp³-hybridized carbons (Fsp3) is 0.350. The van der Waals surface area contributed by atoms with Crippen molar-refractivity contribution in [1.29, 1.82) is 0 Å². The topological polar surface area (TPSA) is 93.7 Å². The molecule has 0 bridgehead atoms. The van der Waals surface area contributed by atoms with Crippen LogP contribution in [0, 0.1) is 11.7 Å². The summed E-state index contributed by atoms with van der Waals surface area (Å²) in [7, 11) is -0.815. The second-order valence-electron chi connectivity index (χ2n) is 7.44. The van der Waals surface area contributed by atoms with Gasteiger partial charge in [-0.1, -0.05) is 19.9 Å². The number of fused-ring (bicyclic) bond motifs is 1. The van der Waals surface area contributed by atoms with E-state index in [4.69, 9.17) is 9.31 Å². The summed E-state index contributed by atoms with van der Waals surface area (Å²) in [4.78, 5) is 36.7. The Hall–Kier alpha value is -2.46. The Morgan fingerprint density at radius 2 is 2.10 bits per heavy atom. The molecule has 2 atom stereocenters. The van der Waals surface area contributed by atoms with E-state index in [-0.39, 0.29) is 23.8 Å². The molecule has 158 valence electrons. The van der Waals surface area contributed by atoms with Crippen LogP contribution in [0.15, 0.2) is 46.7 Å². The van der Waals surface area contributed by atoms with Crippen LogP contribution in [0.25, 0.3) is 0 Å². The molecule has 0 spiro atoms. The van der Waals surface area contributed by atoms with Gasteiger partial charge >= 0.3 is 7.12 Å². The zero-order valence-electron chi connectivity index (χ0n) is 16.5. The molecular formula is C20H21BBrFN2O5. The molecule has 2 amide bonds. The van der Waals surface area contributed by atoms with Crippen LogP contribution in [0.2, 0.25) is 0 Å². The average molecular weight is 479 g/mol. The molecule has 1 aliphatic heterocycles. The summed E-state index contributed by atoms with van der Waals surface area (Å²) >= 11 is 3.19. The molecule has 1 aromatic carbocycles. The molecule has 0 aromatic heterocycles. The Bertz CT molecular complexity index is 920. The van der Waals surface area contributed by atoms with Gasteiger partial charge in [0.25, 0.3) is 5.91 Å². The first-order valence-electron chi connectivity index (χ1n) is 9.51. The molecule has 1 aromatic rings. The number of rotatable bonds is 7. The molecule has 1 heterocycles. The number of allylic oxidation sites excluding steroid dienone is 2. The highest BCUT2D eigenvalue weighted by Crippen LogP contribution is 2.27. The molecule has 0 radical (unpaired) electrons. The number of ketones is 1. The van der Waals surface area contributed by atoms with E-state index in [0.29, 0.717) is 16.7 Å². The van der Waals surface area contributed by atoms with Crippen LogP contribution in [0.4, 0.5) is 4.39 Å². The number of halogens is 2. The van der Waals surface area contributed by atoms with Gasteiger partial charge in [-0.2, -0.15) is 0 Å². The molecule has 10 heteroatoms. The standard InChI is InChI=1S/C20H21BBrFN2O5/c1-11(2)8-17(21-29-16-5-3-4-15(26)19(16)30-21)25-18(27)10-24-20(28)13-9-12(23)6-7-14(13)22/h3-7,9,11,17,19H,8,10H2,1-2H3,(H,24,28)(H,25,27). The maximum Gasteiger partial charge on any atom is 0.550 e. The number of nitrogens with one attached hydrogen (secondary N) is 2. The Kier molecular flexibility index (Phi) is 7.09. The summed E-state index contributed by atoms with van der Waals surface area (Å²) in [5.74, 6) is -1.70. The van der Waals surface area contributed by atoms with Crippen molar-refractivity contribution < 1.29 is 28.1 Å². The third kappa shape index (κ3) is 5.37. The first-order chi connectivity index (χ1) is 14.2. The predicted octanol–water partition coefficient (Wildman–Crippen LogP) is 2.31. The molecule has 2 aliphatic rings. The third-order valence-corrected chi connectivity index (χ3v) is 5.23. The Balaban J connectivity index is 1.60. The van der Waals surface area contributed by atoms with Gasteiger partial charge in [-0.15, -0.1) is 0 Å². The maximum absolute atomic E-state index is 13.4. The minimum absolute atomic E-state index is 0.0889. The molecule has 3 rings (SSSR count). The van der Waals surface area contributed by atoms with Crippen molar-refractivity contribution in [2.45, 2.75) is 32.3 Å². The summed E-state index contributed by atoms with van der Waals surface area (Å²) < 4.78 is 25.3. The normalized spacial score (nSPS) is 18.6. The van der Waals surface area contributed by atoms with Crippen LogP contribution in [0.1, 0.15) is 30.6 Å². The van der Waals surface area contributed by atoms with Crippen molar-refractivity contribution >= 4 is 40.6 Å². The summed E-state index contributed by atoms with van der Waals surface area (Å²) in [5.41, 5.74) is 0.0889. The molecule has 0 saturated carbocycles. The zero-order valence-corrected chi connectivity index (χ0v) is 18.1. The van der Waals surface area contributed by atoms with E-state index in [0.717, 1.165) is 6.07 Å². The van der Waals surface area contributed by atoms with Gasteiger partial charge in [-0.25, -0.2) is 4.39 Å². The number of carbonyl (C=O) groups is 3. The zero-order chi connectivity index (χ0) is 21.8. The van der Waals surface area contributed by atoms with E-state index in [1.54, 1.807) is 12.2 Å². The van der Waals surface area contributed by atoms with Gasteiger partial charge < -0.3 is 19.9 Å². The van der Waals surface area contributed by atoms with E-state index in [1.165, 1.54) is 18.2 Å². The van der Waals surface area contributed by atoms with E-state index >= 15 is 0 Å². The van der Waals surface area contributed by atoms with Crippen molar-refractivity contribution in [3.05, 3.63) is 58.0 Å². The first kappa shape index (κ1) is 22.2. The predicted molar refractivity (Wildman–Crippen MR) is 112 cm³/mol. The van der Waals surface area contributed by atoms with Crippen LogP contribution in [-0.2, 0) is 18.9 Å². The van der Waals surface area contributed by atoms with Crippen LogP contribution < -0.4 is 10.6 Å². The van der Waals surface area contributed by atoms with Gasteiger partial charge in [0.2, 0.25) is 5.91 Å². The quantitative estimate of drug-likeness (QED) is 0.586. The largest absolute Gasteiger partial charge is 0.550 e. The van der Waals surface area contributed by atoms with Crippen molar-refractivity contribution in [2.75, 3.05) is 6.54 Å². The van der Waals surface area contributed by atoms with Crippen LogP contribution >= 0.6 is 15.9 Å². The van der Waals surface area contributed by atoms with Gasteiger partial charge in [0.1, 0.15) is 11.6 Å². The van der Waals surface area contributed by atoms with Crippen LogP contribution in [-0.4, -0.2) is 43.3 Å². The fourth-order valence-electron chi connectivity index (χ4n) is 3.19. The monoisotopic (exact) mass is 478 g/mol. The molecule has 2 N–H and O–H groups in total. The van der Waals surface area contributed by atoms with Crippen LogP contribution in [0.5, 0.6) is 0 Å². The van der Waals surface area contributed by atoms with Crippen molar-refractivity contribution in [3.8, 4) is 0 Å². The lowest BCUT2D eigenvalue weighted by molar-refractivity contribution is -0.120. The molecule has 2 unspecified atom stereocenters. The van der Waals surface area contributed by atoms with E-state index < -0.39 is 36.8 Å². The molecule has 1 saturated heterocycles. The molecular weight excluding hydrogens is 458 g/mol. The summed E-state index contributed by atoms with van der Waals surface area (Å²) in [5, 5.41) is 5.27. The summed E-state index contributed by atoms with van der Waals surface area (Å²) in [6, 6.07) is 3.72. The third-order valence-electron chi connectivity index (χ3n) is 4.54. The smallest absolute Gasteiger partial charge is 0.536 e. The van der Waals surface area contributed by atoms with Crippen molar-refractivity contribution in [2.24, 2.45) is 5.92 Å². The minimum Gasteiger partial charge on any atom is -0.536 e. The van der Waals surface area contributed by atoms with Gasteiger partial charge in [0.05, 0.1) is 18.0 Å². The average Bonchev–Trinajstić information content (AvgIpc) is 3.13. The summed E-state index contributed by atoms with van der Waals surface area (Å²) in [6.45, 7) is 3.66. The van der Waals surface area contributed by atoms with Crippen LogP contribution in [0.3, 0.4) is 0 Å². The number of hydrogen-bond acceptors (Lipinski definition) is 5. The molecule has 1 aliphatic carbocycles. The molecule has 30 heavy (non-hydrogen) atoms. The summed E-state index contributed by atoms with van der Waals surface area (Å²) in [6.07, 6.45) is 4.42. The SMILES string of the molecule is CC(C)CC(NC(=O)CNC(=O)c1cc(F)ccc1Br)B1OC2=CC=CC(=O)C2O1. The fourth-order valence-corrected chi connectivity index (χ4v) is 3.62. The van der Waals surface area contributed by atoms with E-state index in [1.807, 2.05) is 13.8 Å². The van der Waals surface area contributed by atoms with Gasteiger partial charge in [-0.05, 0) is 58.6 Å². The highest BCUT2D eigenvalue weighted by atomic mass is 79.9. The highest BCUT2D eigenvalue weighted by Gasteiger charge is 2.46. The minimum atomic E-state index is -0.815.